The molecule has 2 aromatic rings. The van der Waals surface area contributed by atoms with Crippen molar-refractivity contribution in [2.75, 3.05) is 5.32 Å². The maximum Gasteiger partial charge on any atom is 0.330 e. The van der Waals surface area contributed by atoms with Crippen molar-refractivity contribution in [3.05, 3.63) is 61.3 Å². The third kappa shape index (κ3) is 2.56. The molecule has 106 valence electrons. The average Bonchev–Trinajstić information content (AvgIpc) is 2.42. The molecule has 7 nitrogen and oxygen atoms in total. The van der Waals surface area contributed by atoms with Gasteiger partial charge in [-0.1, -0.05) is 0 Å². The highest BCUT2D eigenvalue weighted by Gasteiger charge is 2.06. The van der Waals surface area contributed by atoms with Gasteiger partial charge >= 0.3 is 5.69 Å². The van der Waals surface area contributed by atoms with E-state index in [-0.39, 0.29) is 23.4 Å². The third-order valence-corrected chi connectivity index (χ3v) is 3.09. The first-order valence-electron chi connectivity index (χ1n) is 6.06. The lowest BCUT2D eigenvalue weighted by atomic mass is 10.3. The highest BCUT2D eigenvalue weighted by Crippen LogP contribution is 2.03. The van der Waals surface area contributed by atoms with Gasteiger partial charge < -0.3 is 14.5 Å². The molecule has 0 aliphatic rings. The van der Waals surface area contributed by atoms with Crippen LogP contribution in [0.5, 0.6) is 0 Å². The number of anilines is 1. The van der Waals surface area contributed by atoms with Crippen LogP contribution in [0.2, 0.25) is 0 Å². The van der Waals surface area contributed by atoms with Gasteiger partial charge in [-0.15, -0.1) is 0 Å². The maximum atomic E-state index is 11.9. The van der Waals surface area contributed by atoms with Gasteiger partial charge in [0.05, 0.1) is 11.3 Å². The molecule has 20 heavy (non-hydrogen) atoms. The van der Waals surface area contributed by atoms with E-state index in [0.29, 0.717) is 5.56 Å². The van der Waals surface area contributed by atoms with E-state index < -0.39 is 0 Å². The molecule has 0 radical (unpaired) electrons. The Morgan fingerprint density at radius 2 is 1.70 bits per heavy atom. The van der Waals surface area contributed by atoms with E-state index in [4.69, 9.17) is 0 Å². The van der Waals surface area contributed by atoms with E-state index in [9.17, 15) is 14.4 Å². The van der Waals surface area contributed by atoms with E-state index in [1.54, 1.807) is 26.4 Å². The van der Waals surface area contributed by atoms with E-state index in [1.807, 2.05) is 0 Å². The fraction of sp³-hybridized carbons (Fsp3) is 0.308. The number of nitrogens with one attached hydrogen (secondary N) is 1. The minimum absolute atomic E-state index is 0.103. The fourth-order valence-electron chi connectivity index (χ4n) is 1.90. The van der Waals surface area contributed by atoms with Gasteiger partial charge in [-0.05, 0) is 6.07 Å². The lowest BCUT2D eigenvalue weighted by Crippen LogP contribution is -2.38. The number of aryl methyl sites for hydroxylation is 2. The Hall–Kier alpha value is -2.57. The predicted molar refractivity (Wildman–Crippen MR) is 75.9 cm³/mol. The Balaban J connectivity index is 2.27. The van der Waals surface area contributed by atoms with E-state index in [1.165, 1.54) is 28.4 Å². The largest absolute Gasteiger partial charge is 0.380 e. The predicted octanol–water partition coefficient (Wildman–Crippen LogP) is -0.605. The molecule has 0 unspecified atom stereocenters. The normalized spacial score (nSPS) is 10.6. The quantitative estimate of drug-likeness (QED) is 0.811. The van der Waals surface area contributed by atoms with Crippen molar-refractivity contribution in [3.63, 3.8) is 0 Å². The fourth-order valence-corrected chi connectivity index (χ4v) is 1.90. The molecular formula is C13H16N4O3. The zero-order valence-corrected chi connectivity index (χ0v) is 11.6. The summed E-state index contributed by atoms with van der Waals surface area (Å²) in [4.78, 5) is 34.8. The van der Waals surface area contributed by atoms with Crippen LogP contribution in [0.4, 0.5) is 5.69 Å². The van der Waals surface area contributed by atoms with Crippen LogP contribution in [-0.4, -0.2) is 13.7 Å². The lowest BCUT2D eigenvalue weighted by Gasteiger charge is -2.09. The molecule has 0 aromatic carbocycles. The third-order valence-electron chi connectivity index (χ3n) is 3.09. The smallest absolute Gasteiger partial charge is 0.330 e. The van der Waals surface area contributed by atoms with E-state index >= 15 is 0 Å². The Morgan fingerprint density at radius 3 is 2.35 bits per heavy atom. The summed E-state index contributed by atoms with van der Waals surface area (Å²) in [6, 6.07) is 3.09. The number of pyridine rings is 1. The molecule has 0 aliphatic heterocycles. The second-order valence-corrected chi connectivity index (χ2v) is 4.63. The zero-order chi connectivity index (χ0) is 14.9. The standard InChI is InChI=1S/C13H16N4O3/c1-15-8-10(4-5-11(15)18)14-6-9-7-16(2)13(20)17(3)12(9)19/h4-5,7-8,14H,6H2,1-3H3. The number of nitrogens with zero attached hydrogens (tertiary/aromatic N) is 3. The van der Waals surface area contributed by atoms with Gasteiger partial charge in [-0.2, -0.15) is 0 Å². The van der Waals surface area contributed by atoms with Crippen LogP contribution >= 0.6 is 0 Å². The first kappa shape index (κ1) is 13.9. The molecular weight excluding hydrogens is 260 g/mol. The van der Waals surface area contributed by atoms with Crippen LogP contribution in [0.25, 0.3) is 0 Å². The maximum absolute atomic E-state index is 11.9. The van der Waals surface area contributed by atoms with Crippen molar-refractivity contribution in [2.45, 2.75) is 6.54 Å². The van der Waals surface area contributed by atoms with Gasteiger partial charge in [0.15, 0.2) is 0 Å². The molecule has 0 saturated carbocycles. The summed E-state index contributed by atoms with van der Waals surface area (Å²) in [5.41, 5.74) is 0.409. The van der Waals surface area contributed by atoms with Crippen molar-refractivity contribution < 1.29 is 0 Å². The Kier molecular flexibility index (Phi) is 3.60. The molecule has 0 spiro atoms. The molecule has 0 atom stereocenters. The highest BCUT2D eigenvalue weighted by molar-refractivity contribution is 5.40. The minimum atomic E-state index is -0.360. The van der Waals surface area contributed by atoms with Crippen molar-refractivity contribution in [2.24, 2.45) is 21.1 Å². The summed E-state index contributed by atoms with van der Waals surface area (Å²) in [6.45, 7) is 0.277. The second kappa shape index (κ2) is 5.20. The molecule has 2 aromatic heterocycles. The zero-order valence-electron chi connectivity index (χ0n) is 11.6. The Morgan fingerprint density at radius 1 is 1.00 bits per heavy atom. The van der Waals surface area contributed by atoms with E-state index in [2.05, 4.69) is 5.32 Å². The Labute approximate surface area is 114 Å². The van der Waals surface area contributed by atoms with Crippen molar-refractivity contribution >= 4 is 5.69 Å². The minimum Gasteiger partial charge on any atom is -0.380 e. The lowest BCUT2D eigenvalue weighted by molar-refractivity contribution is 0.671. The van der Waals surface area contributed by atoms with Crippen LogP contribution in [0, 0.1) is 0 Å². The van der Waals surface area contributed by atoms with Crippen LogP contribution < -0.4 is 22.1 Å². The number of hydrogen-bond donors (Lipinski definition) is 1. The molecule has 0 amide bonds. The van der Waals surface area contributed by atoms with Crippen molar-refractivity contribution in [1.82, 2.24) is 13.7 Å². The van der Waals surface area contributed by atoms with Crippen molar-refractivity contribution in [3.8, 4) is 0 Å². The summed E-state index contributed by atoms with van der Waals surface area (Å²) >= 11 is 0. The molecule has 0 fully saturated rings. The number of hydrogen-bond acceptors (Lipinski definition) is 4. The molecule has 0 saturated heterocycles. The van der Waals surface area contributed by atoms with Crippen LogP contribution in [0.1, 0.15) is 5.56 Å². The number of aromatic nitrogens is 3. The molecule has 1 N–H and O–H groups in total. The molecule has 2 heterocycles. The van der Waals surface area contributed by atoms with Gasteiger partial charge in [0.2, 0.25) is 5.56 Å². The summed E-state index contributed by atoms with van der Waals surface area (Å²) in [6.07, 6.45) is 3.16. The topological polar surface area (TPSA) is 78.0 Å². The van der Waals surface area contributed by atoms with Gasteiger partial charge in [-0.3, -0.25) is 14.2 Å². The summed E-state index contributed by atoms with van der Waals surface area (Å²) in [5.74, 6) is 0. The second-order valence-electron chi connectivity index (χ2n) is 4.63. The van der Waals surface area contributed by atoms with Gasteiger partial charge in [0, 0.05) is 46.1 Å². The van der Waals surface area contributed by atoms with Gasteiger partial charge in [-0.25, -0.2) is 4.79 Å². The SMILES string of the molecule is Cn1cc(NCc2cn(C)c(=O)n(C)c2=O)ccc1=O. The molecule has 2 rings (SSSR count). The first-order chi connectivity index (χ1) is 9.40. The highest BCUT2D eigenvalue weighted by atomic mass is 16.2. The summed E-state index contributed by atoms with van der Waals surface area (Å²) in [7, 11) is 4.69. The van der Waals surface area contributed by atoms with Gasteiger partial charge in [0.1, 0.15) is 0 Å². The Bertz CT molecular complexity index is 814. The summed E-state index contributed by atoms with van der Waals surface area (Å²) < 4.78 is 3.87. The number of rotatable bonds is 3. The molecule has 0 aliphatic carbocycles. The molecule has 0 bridgehead atoms. The van der Waals surface area contributed by atoms with Crippen LogP contribution in [0.15, 0.2) is 38.9 Å². The monoisotopic (exact) mass is 276 g/mol. The van der Waals surface area contributed by atoms with Crippen LogP contribution in [-0.2, 0) is 27.7 Å². The van der Waals surface area contributed by atoms with Crippen LogP contribution in [0.3, 0.4) is 0 Å². The summed E-state index contributed by atoms with van der Waals surface area (Å²) in [5, 5.41) is 3.06. The van der Waals surface area contributed by atoms with Crippen molar-refractivity contribution in [1.29, 1.82) is 0 Å². The van der Waals surface area contributed by atoms with Gasteiger partial charge in [0.25, 0.3) is 5.56 Å². The average molecular weight is 276 g/mol. The first-order valence-corrected chi connectivity index (χ1v) is 6.06. The molecule has 7 heteroatoms. The van der Waals surface area contributed by atoms with E-state index in [0.717, 1.165) is 10.3 Å².